The fourth-order valence-corrected chi connectivity index (χ4v) is 5.82. The van der Waals surface area contributed by atoms with Crippen LogP contribution in [0, 0.1) is 5.92 Å². The highest BCUT2D eigenvalue weighted by molar-refractivity contribution is 7.54. The Hall–Kier alpha value is -2.76. The zero-order valence-corrected chi connectivity index (χ0v) is 21.8. The molecule has 0 aliphatic heterocycles. The molecule has 0 spiro atoms. The van der Waals surface area contributed by atoms with Crippen molar-refractivity contribution < 1.29 is 23.5 Å². The maximum Gasteiger partial charge on any atom is 0.348 e. The van der Waals surface area contributed by atoms with Crippen molar-refractivity contribution in [2.45, 2.75) is 58.1 Å². The average Bonchev–Trinajstić information content (AvgIpc) is 2.89. The van der Waals surface area contributed by atoms with Gasteiger partial charge in [-0.05, 0) is 41.9 Å². The maximum absolute atomic E-state index is 14.4. The topological polar surface area (TPSA) is 84.9 Å². The van der Waals surface area contributed by atoms with Crippen LogP contribution in [0.3, 0.4) is 0 Å². The SMILES string of the molecule is CC(C)CC(N[C@H](CCc1ccccc1)P(=O)(OCc1ccccc1)OCc1ccccc1)C(=O)O. The van der Waals surface area contributed by atoms with E-state index in [2.05, 4.69) is 5.32 Å². The number of benzene rings is 3. The first-order chi connectivity index (χ1) is 17.4. The Morgan fingerprint density at radius 3 is 1.67 bits per heavy atom. The number of aryl methyl sites for hydroxylation is 1. The Morgan fingerprint density at radius 1 is 0.806 bits per heavy atom. The molecule has 0 saturated carbocycles. The van der Waals surface area contributed by atoms with Crippen LogP contribution in [0.2, 0.25) is 0 Å². The Morgan fingerprint density at radius 2 is 1.25 bits per heavy atom. The van der Waals surface area contributed by atoms with Gasteiger partial charge < -0.3 is 14.2 Å². The third-order valence-corrected chi connectivity index (χ3v) is 7.99. The summed E-state index contributed by atoms with van der Waals surface area (Å²) in [6.07, 6.45) is 1.39. The van der Waals surface area contributed by atoms with Crippen LogP contribution in [-0.2, 0) is 38.0 Å². The summed E-state index contributed by atoms with van der Waals surface area (Å²) in [6, 6.07) is 27.9. The monoisotopic (exact) mass is 509 g/mol. The van der Waals surface area contributed by atoms with Gasteiger partial charge in [-0.15, -0.1) is 0 Å². The van der Waals surface area contributed by atoms with Crippen LogP contribution in [0.4, 0.5) is 0 Å². The number of hydrogen-bond acceptors (Lipinski definition) is 5. The van der Waals surface area contributed by atoms with Crippen molar-refractivity contribution in [1.82, 2.24) is 5.32 Å². The van der Waals surface area contributed by atoms with Gasteiger partial charge in [0.15, 0.2) is 0 Å². The summed E-state index contributed by atoms with van der Waals surface area (Å²) < 4.78 is 26.5. The van der Waals surface area contributed by atoms with E-state index in [-0.39, 0.29) is 19.1 Å². The average molecular weight is 510 g/mol. The van der Waals surface area contributed by atoms with Crippen LogP contribution in [-0.4, -0.2) is 22.9 Å². The fourth-order valence-electron chi connectivity index (χ4n) is 3.92. The molecule has 0 aliphatic rings. The van der Waals surface area contributed by atoms with Crippen LogP contribution in [0.15, 0.2) is 91.0 Å². The number of nitrogens with one attached hydrogen (secondary N) is 1. The van der Waals surface area contributed by atoms with E-state index in [4.69, 9.17) is 9.05 Å². The van der Waals surface area contributed by atoms with Crippen molar-refractivity contribution in [1.29, 1.82) is 0 Å². The molecule has 0 amide bonds. The van der Waals surface area contributed by atoms with Crippen molar-refractivity contribution in [3.05, 3.63) is 108 Å². The van der Waals surface area contributed by atoms with Gasteiger partial charge >= 0.3 is 13.6 Å². The van der Waals surface area contributed by atoms with Gasteiger partial charge in [0.1, 0.15) is 11.8 Å². The van der Waals surface area contributed by atoms with E-state index in [9.17, 15) is 14.5 Å². The first-order valence-corrected chi connectivity index (χ1v) is 14.0. The summed E-state index contributed by atoms with van der Waals surface area (Å²) >= 11 is 0. The summed E-state index contributed by atoms with van der Waals surface area (Å²) in [5, 5.41) is 13.1. The molecule has 0 heterocycles. The van der Waals surface area contributed by atoms with Crippen LogP contribution in [0.1, 0.15) is 43.4 Å². The maximum atomic E-state index is 14.4. The molecule has 0 saturated heterocycles. The van der Waals surface area contributed by atoms with E-state index in [1.807, 2.05) is 105 Å². The highest BCUT2D eigenvalue weighted by Crippen LogP contribution is 2.55. The molecule has 192 valence electrons. The van der Waals surface area contributed by atoms with Crippen LogP contribution in [0.25, 0.3) is 0 Å². The van der Waals surface area contributed by atoms with E-state index in [0.717, 1.165) is 16.7 Å². The molecule has 0 bridgehead atoms. The molecule has 2 atom stereocenters. The second-order valence-corrected chi connectivity index (χ2v) is 11.5. The molecule has 0 radical (unpaired) electrons. The molecular formula is C29H36NO5P. The van der Waals surface area contributed by atoms with Crippen molar-refractivity contribution >= 4 is 13.6 Å². The number of aliphatic carboxylic acids is 1. The molecular weight excluding hydrogens is 473 g/mol. The van der Waals surface area contributed by atoms with E-state index in [0.29, 0.717) is 19.3 Å². The summed E-state index contributed by atoms with van der Waals surface area (Å²) in [5.74, 6) is -1.64. The second-order valence-electron chi connectivity index (χ2n) is 9.29. The molecule has 1 unspecified atom stereocenters. The first kappa shape index (κ1) is 27.8. The Bertz CT molecular complexity index is 1040. The van der Waals surface area contributed by atoms with Crippen molar-refractivity contribution in [3.63, 3.8) is 0 Å². The molecule has 3 aromatic carbocycles. The first-order valence-electron chi connectivity index (χ1n) is 12.3. The van der Waals surface area contributed by atoms with Gasteiger partial charge in [0.25, 0.3) is 0 Å². The quantitative estimate of drug-likeness (QED) is 0.223. The summed E-state index contributed by atoms with van der Waals surface area (Å²) in [5.41, 5.74) is 2.79. The molecule has 0 fully saturated rings. The molecule has 0 aliphatic carbocycles. The minimum atomic E-state index is -3.81. The largest absolute Gasteiger partial charge is 0.480 e. The number of hydrogen-bond donors (Lipinski definition) is 2. The minimum absolute atomic E-state index is 0.0956. The molecule has 6 nitrogen and oxygen atoms in total. The number of rotatable bonds is 15. The lowest BCUT2D eigenvalue weighted by Gasteiger charge is -2.31. The fraction of sp³-hybridized carbons (Fsp3) is 0.345. The zero-order valence-electron chi connectivity index (χ0n) is 21.0. The second kappa shape index (κ2) is 14.1. The summed E-state index contributed by atoms with van der Waals surface area (Å²) in [6.45, 7) is 4.12. The third-order valence-electron chi connectivity index (χ3n) is 5.84. The van der Waals surface area contributed by atoms with Crippen LogP contribution >= 0.6 is 7.60 Å². The molecule has 0 aromatic heterocycles. The summed E-state index contributed by atoms with van der Waals surface area (Å²) in [7, 11) is -3.81. The Balaban J connectivity index is 1.89. The van der Waals surface area contributed by atoms with Crippen molar-refractivity contribution in [3.8, 4) is 0 Å². The van der Waals surface area contributed by atoms with Crippen LogP contribution < -0.4 is 5.32 Å². The standard InChI is InChI=1S/C29H36NO5P/c1-23(2)20-27(29(31)32)30-28(19-18-24-12-6-3-7-13-24)36(33,34-21-25-14-8-4-9-15-25)35-22-26-16-10-5-11-17-26/h3-17,23,27-28,30H,18-22H2,1-2H3,(H,31,32)/t27?,28-/m0/s1. The predicted octanol–water partition coefficient (Wildman–Crippen LogP) is 6.66. The molecule has 3 aromatic rings. The zero-order chi connectivity index (χ0) is 25.8. The molecule has 36 heavy (non-hydrogen) atoms. The van der Waals surface area contributed by atoms with E-state index < -0.39 is 25.4 Å². The normalized spacial score (nSPS) is 13.4. The van der Waals surface area contributed by atoms with E-state index >= 15 is 0 Å². The van der Waals surface area contributed by atoms with E-state index in [1.165, 1.54) is 0 Å². The predicted molar refractivity (Wildman–Crippen MR) is 143 cm³/mol. The van der Waals surface area contributed by atoms with Gasteiger partial charge in [-0.3, -0.25) is 14.7 Å². The van der Waals surface area contributed by atoms with Gasteiger partial charge in [-0.1, -0.05) is 105 Å². The van der Waals surface area contributed by atoms with Gasteiger partial charge in [-0.2, -0.15) is 0 Å². The molecule has 7 heteroatoms. The van der Waals surface area contributed by atoms with Gasteiger partial charge in [0, 0.05) is 0 Å². The van der Waals surface area contributed by atoms with Gasteiger partial charge in [-0.25, -0.2) is 0 Å². The Kier molecular flexibility index (Phi) is 10.9. The highest BCUT2D eigenvalue weighted by Gasteiger charge is 2.39. The van der Waals surface area contributed by atoms with Crippen molar-refractivity contribution in [2.24, 2.45) is 5.92 Å². The number of carboxylic acids is 1. The third kappa shape index (κ3) is 9.03. The number of carbonyl (C=O) groups is 1. The van der Waals surface area contributed by atoms with Crippen LogP contribution in [0.5, 0.6) is 0 Å². The van der Waals surface area contributed by atoms with E-state index in [1.54, 1.807) is 0 Å². The minimum Gasteiger partial charge on any atom is -0.480 e. The smallest absolute Gasteiger partial charge is 0.348 e. The van der Waals surface area contributed by atoms with Gasteiger partial charge in [0.2, 0.25) is 0 Å². The Labute approximate surface area is 214 Å². The number of carboxylic acid groups (broad SMARTS) is 1. The van der Waals surface area contributed by atoms with Crippen molar-refractivity contribution in [2.75, 3.05) is 0 Å². The lowest BCUT2D eigenvalue weighted by molar-refractivity contribution is -0.140. The highest BCUT2D eigenvalue weighted by atomic mass is 31.2. The molecule has 3 rings (SSSR count). The molecule has 2 N–H and O–H groups in total. The summed E-state index contributed by atoms with van der Waals surface area (Å²) in [4.78, 5) is 12.1. The lowest BCUT2D eigenvalue weighted by Crippen LogP contribution is -2.44. The van der Waals surface area contributed by atoms with Gasteiger partial charge in [0.05, 0.1) is 13.2 Å². The lowest BCUT2D eigenvalue weighted by atomic mass is 10.0.